The molecule has 0 radical (unpaired) electrons. The van der Waals surface area contributed by atoms with Crippen molar-refractivity contribution >= 4 is 76.9 Å². The molecular formula is C22H12Br2ClN3O6S. The molecule has 0 aromatic heterocycles. The molecule has 0 aliphatic rings. The van der Waals surface area contributed by atoms with Crippen LogP contribution < -0.4 is 9.50 Å². The van der Waals surface area contributed by atoms with Gasteiger partial charge in [0, 0.05) is 22.8 Å². The molecule has 0 bridgehead atoms. The third kappa shape index (κ3) is 6.67. The second-order valence-electron chi connectivity index (χ2n) is 6.74. The van der Waals surface area contributed by atoms with Crippen LogP contribution in [0.25, 0.3) is 6.08 Å². The smallest absolute Gasteiger partial charge is 0.339 e. The predicted molar refractivity (Wildman–Crippen MR) is 136 cm³/mol. The summed E-state index contributed by atoms with van der Waals surface area (Å²) in [6.45, 7) is 0. The molecule has 13 heteroatoms. The second kappa shape index (κ2) is 11.0. The van der Waals surface area contributed by atoms with Gasteiger partial charge >= 0.3 is 10.1 Å². The fourth-order valence-electron chi connectivity index (χ4n) is 2.71. The van der Waals surface area contributed by atoms with Gasteiger partial charge in [-0.25, -0.2) is 0 Å². The summed E-state index contributed by atoms with van der Waals surface area (Å²) < 4.78 is 30.9. The van der Waals surface area contributed by atoms with Crippen LogP contribution in [0.5, 0.6) is 5.75 Å². The van der Waals surface area contributed by atoms with Crippen molar-refractivity contribution in [1.29, 1.82) is 5.26 Å². The van der Waals surface area contributed by atoms with Gasteiger partial charge in [0.15, 0.2) is 5.75 Å². The van der Waals surface area contributed by atoms with Gasteiger partial charge in [-0.05, 0) is 86.0 Å². The van der Waals surface area contributed by atoms with Gasteiger partial charge in [-0.1, -0.05) is 17.7 Å². The summed E-state index contributed by atoms with van der Waals surface area (Å²) in [5.74, 6) is -0.831. The lowest BCUT2D eigenvalue weighted by Gasteiger charge is -2.12. The summed E-state index contributed by atoms with van der Waals surface area (Å²) >= 11 is 12.3. The summed E-state index contributed by atoms with van der Waals surface area (Å²) in [7, 11) is -4.17. The zero-order valence-electron chi connectivity index (χ0n) is 17.2. The number of nitro benzene ring substituents is 1. The number of non-ortho nitro benzene ring substituents is 1. The van der Waals surface area contributed by atoms with Crippen LogP contribution in [0.2, 0.25) is 5.02 Å². The number of amides is 1. The largest absolute Gasteiger partial charge is 0.377 e. The maximum Gasteiger partial charge on any atom is 0.339 e. The quantitative estimate of drug-likeness (QED) is 0.108. The molecule has 3 aromatic carbocycles. The molecule has 0 aliphatic carbocycles. The van der Waals surface area contributed by atoms with Crippen molar-refractivity contribution in [2.24, 2.45) is 0 Å². The molecule has 0 fully saturated rings. The highest BCUT2D eigenvalue weighted by atomic mass is 79.9. The molecule has 0 unspecified atom stereocenters. The standard InChI is InChI=1S/C22H12Br2ClN3O6S/c23-19-9-13(8-14(12-26)22(29)27-16-2-1-3-17(11-16)28(30)31)10-20(24)21(19)34-35(32,33)18-6-4-15(25)5-7-18/h1-11H,(H,27,29)/b14-8+. The van der Waals surface area contributed by atoms with E-state index in [0.29, 0.717) is 10.6 Å². The van der Waals surface area contributed by atoms with Crippen molar-refractivity contribution in [1.82, 2.24) is 0 Å². The molecule has 35 heavy (non-hydrogen) atoms. The zero-order chi connectivity index (χ0) is 25.8. The van der Waals surface area contributed by atoms with E-state index in [1.165, 1.54) is 60.7 Å². The average Bonchev–Trinajstić information content (AvgIpc) is 2.80. The van der Waals surface area contributed by atoms with Crippen molar-refractivity contribution in [3.63, 3.8) is 0 Å². The van der Waals surface area contributed by atoms with E-state index in [2.05, 4.69) is 37.2 Å². The Hall–Kier alpha value is -3.24. The molecule has 0 heterocycles. The van der Waals surface area contributed by atoms with Crippen LogP contribution in [0.3, 0.4) is 0 Å². The van der Waals surface area contributed by atoms with Gasteiger partial charge in [0.2, 0.25) is 0 Å². The molecule has 0 saturated heterocycles. The lowest BCUT2D eigenvalue weighted by Crippen LogP contribution is -2.13. The van der Waals surface area contributed by atoms with E-state index in [1.54, 1.807) is 6.07 Å². The number of halogens is 3. The Labute approximate surface area is 221 Å². The Balaban J connectivity index is 1.86. The van der Waals surface area contributed by atoms with Crippen LogP contribution in [0.4, 0.5) is 11.4 Å². The van der Waals surface area contributed by atoms with Crippen LogP contribution in [0.1, 0.15) is 5.56 Å². The predicted octanol–water partition coefficient (Wildman–Crippen LogP) is 6.09. The lowest BCUT2D eigenvalue weighted by atomic mass is 10.1. The number of carbonyl (C=O) groups is 1. The first-order chi connectivity index (χ1) is 16.5. The second-order valence-corrected chi connectivity index (χ2v) is 10.4. The summed E-state index contributed by atoms with van der Waals surface area (Å²) in [4.78, 5) is 22.7. The first-order valence-electron chi connectivity index (χ1n) is 9.37. The molecular weight excluding hydrogens is 630 g/mol. The van der Waals surface area contributed by atoms with Crippen molar-refractivity contribution in [2.75, 3.05) is 5.32 Å². The highest BCUT2D eigenvalue weighted by molar-refractivity contribution is 9.11. The topological polar surface area (TPSA) is 139 Å². The summed E-state index contributed by atoms with van der Waals surface area (Å²) in [5.41, 5.74) is -0.00496. The number of nitrogens with one attached hydrogen (secondary N) is 1. The van der Waals surface area contributed by atoms with Gasteiger partial charge in [0.1, 0.15) is 16.5 Å². The molecule has 3 rings (SSSR count). The molecule has 9 nitrogen and oxygen atoms in total. The number of hydrogen-bond donors (Lipinski definition) is 1. The Bertz CT molecular complexity index is 1480. The minimum atomic E-state index is -4.17. The molecule has 1 amide bonds. The van der Waals surface area contributed by atoms with Gasteiger partial charge in [-0.15, -0.1) is 0 Å². The molecule has 0 spiro atoms. The zero-order valence-corrected chi connectivity index (χ0v) is 22.0. The van der Waals surface area contributed by atoms with Gasteiger partial charge in [0.05, 0.1) is 13.9 Å². The van der Waals surface area contributed by atoms with Crippen LogP contribution in [-0.2, 0) is 14.9 Å². The van der Waals surface area contributed by atoms with Gasteiger partial charge in [-0.3, -0.25) is 14.9 Å². The highest BCUT2D eigenvalue weighted by Crippen LogP contribution is 2.37. The van der Waals surface area contributed by atoms with Crippen LogP contribution in [0, 0.1) is 21.4 Å². The number of hydrogen-bond acceptors (Lipinski definition) is 7. The number of carbonyl (C=O) groups excluding carboxylic acids is 1. The minimum Gasteiger partial charge on any atom is -0.377 e. The van der Waals surface area contributed by atoms with E-state index < -0.39 is 20.9 Å². The van der Waals surface area contributed by atoms with E-state index in [9.17, 15) is 28.6 Å². The van der Waals surface area contributed by atoms with Crippen LogP contribution >= 0.6 is 43.5 Å². The average molecular weight is 642 g/mol. The molecule has 3 aromatic rings. The lowest BCUT2D eigenvalue weighted by molar-refractivity contribution is -0.384. The summed E-state index contributed by atoms with van der Waals surface area (Å²) in [5, 5.41) is 23.2. The number of nitrogens with zero attached hydrogens (tertiary/aromatic N) is 2. The first kappa shape index (κ1) is 26.4. The van der Waals surface area contributed by atoms with Crippen molar-refractivity contribution in [3.05, 3.63) is 95.9 Å². The molecule has 0 aliphatic heterocycles. The molecule has 178 valence electrons. The monoisotopic (exact) mass is 639 g/mol. The first-order valence-corrected chi connectivity index (χ1v) is 12.7. The van der Waals surface area contributed by atoms with E-state index in [4.69, 9.17) is 15.8 Å². The molecule has 0 saturated carbocycles. The molecule has 1 N–H and O–H groups in total. The Morgan fingerprint density at radius 2 is 1.74 bits per heavy atom. The number of anilines is 1. The fraction of sp³-hybridized carbons (Fsp3) is 0. The minimum absolute atomic E-state index is 0.0448. The van der Waals surface area contributed by atoms with Crippen molar-refractivity contribution < 1.29 is 22.3 Å². The fourth-order valence-corrected chi connectivity index (χ4v) is 5.40. The van der Waals surface area contributed by atoms with Crippen LogP contribution in [-0.4, -0.2) is 19.2 Å². The Morgan fingerprint density at radius 1 is 1.11 bits per heavy atom. The Morgan fingerprint density at radius 3 is 2.31 bits per heavy atom. The van der Waals surface area contributed by atoms with Crippen LogP contribution in [0.15, 0.2) is 80.1 Å². The maximum atomic E-state index is 12.6. The number of benzene rings is 3. The maximum absolute atomic E-state index is 12.6. The Kier molecular flexibility index (Phi) is 8.29. The van der Waals surface area contributed by atoms with E-state index in [0.717, 1.165) is 6.07 Å². The van der Waals surface area contributed by atoms with E-state index in [1.807, 2.05) is 0 Å². The summed E-state index contributed by atoms with van der Waals surface area (Å²) in [6, 6.07) is 15.4. The normalized spacial score (nSPS) is 11.4. The number of rotatable bonds is 7. The van der Waals surface area contributed by atoms with Gasteiger partial charge in [0.25, 0.3) is 11.6 Å². The SMILES string of the molecule is N#C/C(=C\c1cc(Br)c(OS(=O)(=O)c2ccc(Cl)cc2)c(Br)c1)C(=O)Nc1cccc([N+](=O)[O-])c1. The molecule has 0 atom stereocenters. The van der Waals surface area contributed by atoms with E-state index >= 15 is 0 Å². The van der Waals surface area contributed by atoms with Gasteiger partial charge < -0.3 is 9.50 Å². The third-order valence-corrected chi connectivity index (χ3v) is 6.97. The van der Waals surface area contributed by atoms with E-state index in [-0.39, 0.29) is 36.5 Å². The summed E-state index contributed by atoms with van der Waals surface area (Å²) in [6.07, 6.45) is 1.26. The van der Waals surface area contributed by atoms with Gasteiger partial charge in [-0.2, -0.15) is 13.7 Å². The number of nitriles is 1. The number of nitro groups is 1. The van der Waals surface area contributed by atoms with Crippen molar-refractivity contribution in [3.8, 4) is 11.8 Å². The van der Waals surface area contributed by atoms with Crippen molar-refractivity contribution in [2.45, 2.75) is 4.90 Å². The highest BCUT2D eigenvalue weighted by Gasteiger charge is 2.21. The third-order valence-electron chi connectivity index (χ3n) is 4.31.